The minimum absolute atomic E-state index is 0.405. The van der Waals surface area contributed by atoms with Crippen molar-refractivity contribution in [2.24, 2.45) is 5.92 Å². The Morgan fingerprint density at radius 2 is 2.31 bits per heavy atom. The molecule has 0 bridgehead atoms. The zero-order valence-electron chi connectivity index (χ0n) is 9.61. The van der Waals surface area contributed by atoms with Gasteiger partial charge in [0.05, 0.1) is 24.0 Å². The predicted octanol–water partition coefficient (Wildman–Crippen LogP) is 1.55. The van der Waals surface area contributed by atoms with Gasteiger partial charge < -0.3 is 10.7 Å². The molecule has 1 saturated carbocycles. The van der Waals surface area contributed by atoms with Crippen molar-refractivity contribution >= 4 is 11.5 Å². The van der Waals surface area contributed by atoms with Gasteiger partial charge in [-0.2, -0.15) is 0 Å². The molecule has 4 nitrogen and oxygen atoms in total. The number of rotatable bonds is 2. The Labute approximate surface area is 95.8 Å². The number of aromatic nitrogens is 1. The predicted molar refractivity (Wildman–Crippen MR) is 64.9 cm³/mol. The molecule has 4 heteroatoms. The van der Waals surface area contributed by atoms with Gasteiger partial charge in [-0.1, -0.05) is 13.3 Å². The maximum atomic E-state index is 5.56. The van der Waals surface area contributed by atoms with Crippen LogP contribution in [0.3, 0.4) is 0 Å². The molecule has 1 aromatic heterocycles. The van der Waals surface area contributed by atoms with E-state index < -0.39 is 0 Å². The number of hydrazine groups is 1. The SMILES string of the molecule is CCC1CC2(C1)CN(c1ccc(N)nc1)N2. The molecule has 86 valence electrons. The maximum Gasteiger partial charge on any atom is 0.123 e. The van der Waals surface area contributed by atoms with Crippen molar-refractivity contribution in [1.29, 1.82) is 0 Å². The summed E-state index contributed by atoms with van der Waals surface area (Å²) < 4.78 is 0. The number of anilines is 2. The zero-order valence-corrected chi connectivity index (χ0v) is 9.61. The number of nitrogens with two attached hydrogens (primary N) is 1. The molecule has 1 aliphatic heterocycles. The van der Waals surface area contributed by atoms with E-state index in [9.17, 15) is 0 Å². The molecule has 1 saturated heterocycles. The van der Waals surface area contributed by atoms with Crippen LogP contribution < -0.4 is 16.2 Å². The zero-order chi connectivity index (χ0) is 11.2. The van der Waals surface area contributed by atoms with Crippen molar-refractivity contribution in [3.8, 4) is 0 Å². The van der Waals surface area contributed by atoms with E-state index >= 15 is 0 Å². The lowest BCUT2D eigenvalue weighted by Gasteiger charge is -2.60. The van der Waals surface area contributed by atoms with E-state index in [0.717, 1.165) is 18.2 Å². The van der Waals surface area contributed by atoms with Crippen molar-refractivity contribution < 1.29 is 0 Å². The Morgan fingerprint density at radius 3 is 2.88 bits per heavy atom. The number of hydrogen-bond donors (Lipinski definition) is 2. The number of nitrogens with zero attached hydrogens (tertiary/aromatic N) is 2. The highest BCUT2D eigenvalue weighted by atomic mass is 15.6. The fourth-order valence-corrected chi connectivity index (χ4v) is 2.84. The number of hydrogen-bond acceptors (Lipinski definition) is 4. The van der Waals surface area contributed by atoms with Crippen molar-refractivity contribution in [2.45, 2.75) is 31.7 Å². The molecule has 2 aliphatic rings. The second-order valence-electron chi connectivity index (χ2n) is 5.10. The quantitative estimate of drug-likeness (QED) is 0.790. The lowest BCUT2D eigenvalue weighted by atomic mass is 9.65. The molecule has 0 aromatic carbocycles. The van der Waals surface area contributed by atoms with Gasteiger partial charge in [0.15, 0.2) is 0 Å². The fourth-order valence-electron chi connectivity index (χ4n) is 2.84. The Bertz CT molecular complexity index is 373. The molecule has 0 atom stereocenters. The van der Waals surface area contributed by atoms with Crippen LogP contribution in [0.25, 0.3) is 0 Å². The molecule has 1 aromatic rings. The van der Waals surface area contributed by atoms with Gasteiger partial charge in [-0.25, -0.2) is 10.4 Å². The van der Waals surface area contributed by atoms with Crippen LogP contribution in [0.5, 0.6) is 0 Å². The summed E-state index contributed by atoms with van der Waals surface area (Å²) >= 11 is 0. The van der Waals surface area contributed by atoms with E-state index in [1.165, 1.54) is 19.3 Å². The first-order valence-electron chi connectivity index (χ1n) is 5.98. The van der Waals surface area contributed by atoms with Gasteiger partial charge in [0.1, 0.15) is 5.82 Å². The van der Waals surface area contributed by atoms with E-state index in [1.54, 1.807) is 0 Å². The summed E-state index contributed by atoms with van der Waals surface area (Å²) in [5.41, 5.74) is 10.6. The van der Waals surface area contributed by atoms with Gasteiger partial charge in [-0.15, -0.1) is 0 Å². The Morgan fingerprint density at radius 1 is 1.56 bits per heavy atom. The van der Waals surface area contributed by atoms with E-state index in [0.29, 0.717) is 11.4 Å². The van der Waals surface area contributed by atoms with Gasteiger partial charge in [0, 0.05) is 0 Å². The number of pyridine rings is 1. The van der Waals surface area contributed by atoms with Gasteiger partial charge in [-0.05, 0) is 30.9 Å². The average molecular weight is 218 g/mol. The molecule has 16 heavy (non-hydrogen) atoms. The van der Waals surface area contributed by atoms with E-state index in [2.05, 4.69) is 22.3 Å². The van der Waals surface area contributed by atoms with Crippen LogP contribution in [-0.2, 0) is 0 Å². The van der Waals surface area contributed by atoms with Crippen LogP contribution in [0, 0.1) is 5.92 Å². The van der Waals surface area contributed by atoms with Crippen molar-refractivity contribution in [1.82, 2.24) is 10.4 Å². The van der Waals surface area contributed by atoms with Crippen LogP contribution in [0.2, 0.25) is 0 Å². The molecular weight excluding hydrogens is 200 g/mol. The maximum absolute atomic E-state index is 5.56. The summed E-state index contributed by atoms with van der Waals surface area (Å²) in [6.07, 6.45) is 5.78. The largest absolute Gasteiger partial charge is 0.384 e. The number of nitrogen functional groups attached to an aromatic ring is 1. The highest BCUT2D eigenvalue weighted by Crippen LogP contribution is 2.45. The molecule has 0 unspecified atom stereocenters. The Balaban J connectivity index is 1.60. The highest BCUT2D eigenvalue weighted by molar-refractivity contribution is 5.50. The first-order valence-corrected chi connectivity index (χ1v) is 5.98. The standard InChI is InChI=1S/C12H18N4/c1-2-9-5-12(6-9)8-16(15-12)10-3-4-11(13)14-7-10/h3-4,7,9,15H,2,5-6,8H2,1H3,(H2,13,14). The minimum atomic E-state index is 0.405. The molecule has 3 N–H and O–H groups in total. The van der Waals surface area contributed by atoms with Crippen molar-refractivity contribution in [3.63, 3.8) is 0 Å². The van der Waals surface area contributed by atoms with Gasteiger partial charge in [-0.3, -0.25) is 0 Å². The second kappa shape index (κ2) is 3.35. The Kier molecular flexibility index (Phi) is 2.07. The molecule has 1 aliphatic carbocycles. The first kappa shape index (κ1) is 9.90. The summed E-state index contributed by atoms with van der Waals surface area (Å²) in [5.74, 6) is 1.51. The third-order valence-corrected chi connectivity index (χ3v) is 3.85. The smallest absolute Gasteiger partial charge is 0.123 e. The molecule has 2 heterocycles. The molecule has 1 spiro atoms. The summed E-state index contributed by atoms with van der Waals surface area (Å²) in [7, 11) is 0. The van der Waals surface area contributed by atoms with Crippen LogP contribution in [-0.4, -0.2) is 17.1 Å². The first-order chi connectivity index (χ1) is 7.71. The summed E-state index contributed by atoms with van der Waals surface area (Å²) in [5, 5.41) is 2.16. The summed E-state index contributed by atoms with van der Waals surface area (Å²) in [6, 6.07) is 3.86. The average Bonchev–Trinajstić information content (AvgIpc) is 2.17. The van der Waals surface area contributed by atoms with Crippen LogP contribution in [0.1, 0.15) is 26.2 Å². The fraction of sp³-hybridized carbons (Fsp3) is 0.583. The Hall–Kier alpha value is -1.29. The second-order valence-corrected chi connectivity index (χ2v) is 5.10. The van der Waals surface area contributed by atoms with Crippen molar-refractivity contribution in [3.05, 3.63) is 18.3 Å². The lowest BCUT2D eigenvalue weighted by Crippen LogP contribution is -2.76. The molecule has 3 rings (SSSR count). The normalized spacial score (nSPS) is 32.3. The van der Waals surface area contributed by atoms with Crippen molar-refractivity contribution in [2.75, 3.05) is 17.3 Å². The van der Waals surface area contributed by atoms with E-state index in [4.69, 9.17) is 5.73 Å². The number of nitrogens with one attached hydrogen (secondary N) is 1. The van der Waals surface area contributed by atoms with E-state index in [1.807, 2.05) is 18.3 Å². The van der Waals surface area contributed by atoms with Crippen LogP contribution in [0.4, 0.5) is 11.5 Å². The molecular formula is C12H18N4. The van der Waals surface area contributed by atoms with E-state index in [-0.39, 0.29) is 0 Å². The lowest BCUT2D eigenvalue weighted by molar-refractivity contribution is 0.0463. The summed E-state index contributed by atoms with van der Waals surface area (Å²) in [4.78, 5) is 4.10. The van der Waals surface area contributed by atoms with Gasteiger partial charge >= 0.3 is 0 Å². The van der Waals surface area contributed by atoms with Crippen LogP contribution >= 0.6 is 0 Å². The molecule has 0 radical (unpaired) electrons. The molecule has 2 fully saturated rings. The van der Waals surface area contributed by atoms with Crippen LogP contribution in [0.15, 0.2) is 18.3 Å². The monoisotopic (exact) mass is 218 g/mol. The molecule has 0 amide bonds. The minimum Gasteiger partial charge on any atom is -0.384 e. The summed E-state index contributed by atoms with van der Waals surface area (Å²) in [6.45, 7) is 3.38. The van der Waals surface area contributed by atoms with Gasteiger partial charge in [0.2, 0.25) is 0 Å². The third-order valence-electron chi connectivity index (χ3n) is 3.85. The van der Waals surface area contributed by atoms with Gasteiger partial charge in [0.25, 0.3) is 0 Å². The highest BCUT2D eigenvalue weighted by Gasteiger charge is 2.51. The topological polar surface area (TPSA) is 54.2 Å². The third kappa shape index (κ3) is 1.45.